The lowest BCUT2D eigenvalue weighted by Crippen LogP contribution is -2.27. The van der Waals surface area contributed by atoms with Crippen molar-refractivity contribution in [3.05, 3.63) is 35.4 Å². The number of aliphatic hydroxyl groups excluding tert-OH is 1. The molecular formula is C14H20O3. The van der Waals surface area contributed by atoms with Gasteiger partial charge in [0, 0.05) is 13.0 Å². The molecule has 94 valence electrons. The van der Waals surface area contributed by atoms with E-state index >= 15 is 0 Å². The van der Waals surface area contributed by atoms with Gasteiger partial charge in [-0.3, -0.25) is 0 Å². The van der Waals surface area contributed by atoms with Crippen molar-refractivity contribution in [2.75, 3.05) is 13.2 Å². The van der Waals surface area contributed by atoms with E-state index in [-0.39, 0.29) is 12.2 Å². The predicted molar refractivity (Wildman–Crippen MR) is 65.9 cm³/mol. The summed E-state index contributed by atoms with van der Waals surface area (Å²) in [4.78, 5) is 0. The molecule has 3 heteroatoms. The van der Waals surface area contributed by atoms with Gasteiger partial charge in [-0.1, -0.05) is 24.3 Å². The largest absolute Gasteiger partial charge is 0.386 e. The molecule has 1 aromatic carbocycles. The number of hydrogen-bond donors (Lipinski definition) is 1. The zero-order valence-corrected chi connectivity index (χ0v) is 10.4. The summed E-state index contributed by atoms with van der Waals surface area (Å²) in [5.74, 6) is 0. The van der Waals surface area contributed by atoms with E-state index in [9.17, 15) is 5.11 Å². The fourth-order valence-corrected chi connectivity index (χ4v) is 2.28. The van der Waals surface area contributed by atoms with Crippen LogP contribution in [0.5, 0.6) is 0 Å². The molecule has 2 rings (SSSR count). The van der Waals surface area contributed by atoms with Crippen molar-refractivity contribution >= 4 is 0 Å². The van der Waals surface area contributed by atoms with Gasteiger partial charge in [0.05, 0.1) is 18.8 Å². The van der Waals surface area contributed by atoms with E-state index in [1.807, 2.05) is 32.0 Å². The highest BCUT2D eigenvalue weighted by atomic mass is 16.5. The second kappa shape index (κ2) is 5.63. The van der Waals surface area contributed by atoms with E-state index in [1.54, 1.807) is 0 Å². The Hall–Kier alpha value is -0.900. The first-order chi connectivity index (χ1) is 8.22. The van der Waals surface area contributed by atoms with Crippen LogP contribution in [-0.2, 0) is 15.9 Å². The quantitative estimate of drug-likeness (QED) is 0.850. The first-order valence-electron chi connectivity index (χ1n) is 6.21. The summed E-state index contributed by atoms with van der Waals surface area (Å²) in [7, 11) is 0. The third kappa shape index (κ3) is 2.86. The molecule has 0 heterocycles. The number of ether oxygens (including phenoxy) is 2. The Morgan fingerprint density at radius 3 is 2.88 bits per heavy atom. The van der Waals surface area contributed by atoms with Crippen LogP contribution in [0.2, 0.25) is 0 Å². The Labute approximate surface area is 102 Å². The maximum Gasteiger partial charge on any atom is 0.106 e. The molecule has 1 N–H and O–H groups in total. The zero-order chi connectivity index (χ0) is 12.3. The van der Waals surface area contributed by atoms with E-state index in [2.05, 4.69) is 6.07 Å². The van der Waals surface area contributed by atoms with Crippen LogP contribution in [0.15, 0.2) is 24.3 Å². The lowest BCUT2D eigenvalue weighted by Gasteiger charge is -2.21. The second-order valence-corrected chi connectivity index (χ2v) is 4.49. The summed E-state index contributed by atoms with van der Waals surface area (Å²) in [6, 6.07) is 7.97. The molecular weight excluding hydrogens is 216 g/mol. The average Bonchev–Trinajstić information content (AvgIpc) is 2.64. The Bertz CT molecular complexity index is 364. The molecule has 0 aliphatic heterocycles. The van der Waals surface area contributed by atoms with Gasteiger partial charge in [-0.25, -0.2) is 0 Å². The fourth-order valence-electron chi connectivity index (χ4n) is 2.28. The molecule has 1 aliphatic carbocycles. The lowest BCUT2D eigenvalue weighted by molar-refractivity contribution is -0.0872. The Balaban J connectivity index is 1.93. The molecule has 0 aromatic heterocycles. The number of hydrogen-bond acceptors (Lipinski definition) is 3. The summed E-state index contributed by atoms with van der Waals surface area (Å²) in [5.41, 5.74) is 2.19. The zero-order valence-electron chi connectivity index (χ0n) is 10.4. The van der Waals surface area contributed by atoms with Crippen LogP contribution >= 0.6 is 0 Å². The SMILES string of the molecule is CCOCC(C)OC1Cc2ccccc2C1O. The Morgan fingerprint density at radius 2 is 2.18 bits per heavy atom. The topological polar surface area (TPSA) is 38.7 Å². The van der Waals surface area contributed by atoms with E-state index in [1.165, 1.54) is 5.56 Å². The molecule has 0 saturated carbocycles. The van der Waals surface area contributed by atoms with Crippen LogP contribution in [0, 0.1) is 0 Å². The van der Waals surface area contributed by atoms with Crippen molar-refractivity contribution in [2.45, 2.75) is 38.6 Å². The highest BCUT2D eigenvalue weighted by molar-refractivity contribution is 5.35. The van der Waals surface area contributed by atoms with Crippen molar-refractivity contribution in [3.63, 3.8) is 0 Å². The maximum atomic E-state index is 10.1. The predicted octanol–water partition coefficient (Wildman–Crippen LogP) is 2.09. The molecule has 0 amide bonds. The summed E-state index contributed by atoms with van der Waals surface area (Å²) in [5, 5.41) is 10.1. The maximum absolute atomic E-state index is 10.1. The van der Waals surface area contributed by atoms with E-state index in [0.29, 0.717) is 13.2 Å². The molecule has 17 heavy (non-hydrogen) atoms. The number of fused-ring (bicyclic) bond motifs is 1. The fraction of sp³-hybridized carbons (Fsp3) is 0.571. The number of rotatable bonds is 5. The van der Waals surface area contributed by atoms with Crippen molar-refractivity contribution in [2.24, 2.45) is 0 Å². The Kier molecular flexibility index (Phi) is 4.15. The molecule has 3 unspecified atom stereocenters. The molecule has 0 saturated heterocycles. The van der Waals surface area contributed by atoms with Crippen LogP contribution < -0.4 is 0 Å². The summed E-state index contributed by atoms with van der Waals surface area (Å²) < 4.78 is 11.1. The third-order valence-electron chi connectivity index (χ3n) is 3.11. The van der Waals surface area contributed by atoms with Gasteiger partial charge in [0.25, 0.3) is 0 Å². The minimum absolute atomic E-state index is 0.0175. The van der Waals surface area contributed by atoms with Gasteiger partial charge < -0.3 is 14.6 Å². The van der Waals surface area contributed by atoms with Crippen molar-refractivity contribution in [1.29, 1.82) is 0 Å². The molecule has 0 fully saturated rings. The molecule has 3 atom stereocenters. The lowest BCUT2D eigenvalue weighted by atomic mass is 10.1. The van der Waals surface area contributed by atoms with Gasteiger partial charge in [0.1, 0.15) is 6.10 Å². The van der Waals surface area contributed by atoms with E-state index in [0.717, 1.165) is 12.0 Å². The first kappa shape index (κ1) is 12.6. The van der Waals surface area contributed by atoms with Gasteiger partial charge in [0.15, 0.2) is 0 Å². The van der Waals surface area contributed by atoms with E-state index in [4.69, 9.17) is 9.47 Å². The molecule has 1 aliphatic rings. The highest BCUT2D eigenvalue weighted by Gasteiger charge is 2.32. The summed E-state index contributed by atoms with van der Waals surface area (Å²) in [6.07, 6.45) is 0.162. The summed E-state index contributed by atoms with van der Waals surface area (Å²) in [6.45, 7) is 5.22. The van der Waals surface area contributed by atoms with Gasteiger partial charge in [0.2, 0.25) is 0 Å². The van der Waals surface area contributed by atoms with Crippen molar-refractivity contribution in [3.8, 4) is 0 Å². The minimum Gasteiger partial charge on any atom is -0.386 e. The first-order valence-corrected chi connectivity index (χ1v) is 6.21. The van der Waals surface area contributed by atoms with Crippen LogP contribution in [0.1, 0.15) is 31.1 Å². The van der Waals surface area contributed by atoms with Crippen molar-refractivity contribution in [1.82, 2.24) is 0 Å². The molecule has 0 radical (unpaired) electrons. The van der Waals surface area contributed by atoms with Gasteiger partial charge in [-0.05, 0) is 25.0 Å². The molecule has 0 bridgehead atoms. The standard InChI is InChI=1S/C14H20O3/c1-3-16-9-10(2)17-13-8-11-6-4-5-7-12(11)14(13)15/h4-7,10,13-15H,3,8-9H2,1-2H3. The Morgan fingerprint density at radius 1 is 1.41 bits per heavy atom. The van der Waals surface area contributed by atoms with Crippen LogP contribution in [0.3, 0.4) is 0 Å². The average molecular weight is 236 g/mol. The number of aliphatic hydroxyl groups is 1. The van der Waals surface area contributed by atoms with Gasteiger partial charge >= 0.3 is 0 Å². The van der Waals surface area contributed by atoms with Gasteiger partial charge in [-0.2, -0.15) is 0 Å². The molecule has 3 nitrogen and oxygen atoms in total. The minimum atomic E-state index is -0.504. The monoisotopic (exact) mass is 236 g/mol. The molecule has 0 spiro atoms. The number of benzene rings is 1. The van der Waals surface area contributed by atoms with E-state index < -0.39 is 6.10 Å². The van der Waals surface area contributed by atoms with Crippen LogP contribution in [0.4, 0.5) is 0 Å². The normalized spacial score (nSPS) is 24.6. The second-order valence-electron chi connectivity index (χ2n) is 4.49. The smallest absolute Gasteiger partial charge is 0.106 e. The van der Waals surface area contributed by atoms with Crippen LogP contribution in [-0.4, -0.2) is 30.5 Å². The van der Waals surface area contributed by atoms with Crippen molar-refractivity contribution < 1.29 is 14.6 Å². The summed E-state index contributed by atoms with van der Waals surface area (Å²) >= 11 is 0. The van der Waals surface area contributed by atoms with Crippen LogP contribution in [0.25, 0.3) is 0 Å². The third-order valence-corrected chi connectivity index (χ3v) is 3.11. The van der Waals surface area contributed by atoms with Gasteiger partial charge in [-0.15, -0.1) is 0 Å². The molecule has 1 aromatic rings. The highest BCUT2D eigenvalue weighted by Crippen LogP contribution is 2.33.